The molecule has 4 heterocycles. The molecule has 0 N–H and O–H groups in total. The van der Waals surface area contributed by atoms with Crippen molar-refractivity contribution in [2.24, 2.45) is 7.05 Å². The van der Waals surface area contributed by atoms with Crippen molar-refractivity contribution < 1.29 is 18.0 Å². The minimum Gasteiger partial charge on any atom is -0.352 e. The van der Waals surface area contributed by atoms with E-state index in [4.69, 9.17) is 9.97 Å². The molecule has 1 aromatic carbocycles. The summed E-state index contributed by atoms with van der Waals surface area (Å²) in [6, 6.07) is 1.43. The minimum atomic E-state index is -0.922. The van der Waals surface area contributed by atoms with E-state index < -0.39 is 17.5 Å². The summed E-state index contributed by atoms with van der Waals surface area (Å²) in [5.74, 6) is -1.91. The zero-order valence-corrected chi connectivity index (χ0v) is 19.6. The molecule has 0 aliphatic carbocycles. The predicted octanol–water partition coefficient (Wildman–Crippen LogP) is 2.52. The van der Waals surface area contributed by atoms with Gasteiger partial charge in [-0.1, -0.05) is 0 Å². The van der Waals surface area contributed by atoms with Gasteiger partial charge < -0.3 is 9.80 Å². The van der Waals surface area contributed by atoms with E-state index in [2.05, 4.69) is 10.00 Å². The second-order valence-corrected chi connectivity index (χ2v) is 8.99. The summed E-state index contributed by atoms with van der Waals surface area (Å²) in [5.41, 5.74) is 3.07. The molecular weight excluding hydrogens is 459 g/mol. The van der Waals surface area contributed by atoms with Gasteiger partial charge in [-0.25, -0.2) is 23.1 Å². The summed E-state index contributed by atoms with van der Waals surface area (Å²) >= 11 is 0. The molecule has 2 aliphatic heterocycles. The van der Waals surface area contributed by atoms with Crippen molar-refractivity contribution in [2.45, 2.75) is 26.4 Å². The van der Waals surface area contributed by atoms with Crippen LogP contribution in [0.25, 0.3) is 11.3 Å². The van der Waals surface area contributed by atoms with Crippen LogP contribution in [0.1, 0.15) is 23.9 Å². The molecule has 0 radical (unpaired) electrons. The lowest BCUT2D eigenvalue weighted by atomic mass is 10.1. The Labute approximate surface area is 201 Å². The van der Waals surface area contributed by atoms with Crippen LogP contribution in [-0.2, 0) is 31.4 Å². The van der Waals surface area contributed by atoms with Crippen LogP contribution in [0.2, 0.25) is 0 Å². The molecule has 1 fully saturated rings. The fourth-order valence-electron chi connectivity index (χ4n) is 4.61. The highest BCUT2D eigenvalue weighted by Gasteiger charge is 2.28. The Balaban J connectivity index is 1.39. The molecule has 11 heteroatoms. The topological polar surface area (TPSA) is 70.4 Å². The number of halogens is 3. The number of benzene rings is 1. The third-order valence-corrected chi connectivity index (χ3v) is 6.57. The van der Waals surface area contributed by atoms with Crippen molar-refractivity contribution in [3.63, 3.8) is 0 Å². The standard InChI is InChI=1S/C24H26F3N7O/c1-15(35)34-4-3-21-22(14-34)29-23(16-11-28-31(2)12-16)24(30-21)33-7-5-32(6-8-33)13-18-19(26)9-17(25)10-20(18)27/h9-12H,3-8,13-14H2,1-2H3. The highest BCUT2D eigenvalue weighted by molar-refractivity contribution is 5.74. The second kappa shape index (κ2) is 9.29. The van der Waals surface area contributed by atoms with Crippen molar-refractivity contribution >= 4 is 11.7 Å². The Morgan fingerprint density at radius 3 is 2.34 bits per heavy atom. The number of carbonyl (C=O) groups is 1. The Bertz CT molecular complexity index is 1250. The largest absolute Gasteiger partial charge is 0.352 e. The van der Waals surface area contributed by atoms with Crippen LogP contribution in [-0.4, -0.2) is 68.2 Å². The Morgan fingerprint density at radius 2 is 1.71 bits per heavy atom. The van der Waals surface area contributed by atoms with Crippen LogP contribution < -0.4 is 4.90 Å². The van der Waals surface area contributed by atoms with Gasteiger partial charge in [0.2, 0.25) is 5.91 Å². The summed E-state index contributed by atoms with van der Waals surface area (Å²) in [6.07, 6.45) is 4.24. The normalized spacial score (nSPS) is 16.5. The van der Waals surface area contributed by atoms with Crippen LogP contribution in [0.3, 0.4) is 0 Å². The average Bonchev–Trinajstić information content (AvgIpc) is 3.26. The number of anilines is 1. The summed E-state index contributed by atoms with van der Waals surface area (Å²) in [6.45, 7) is 4.93. The molecule has 2 aromatic heterocycles. The molecule has 0 atom stereocenters. The van der Waals surface area contributed by atoms with E-state index >= 15 is 0 Å². The number of hydrogen-bond donors (Lipinski definition) is 0. The van der Waals surface area contributed by atoms with Crippen molar-refractivity contribution in [1.82, 2.24) is 29.5 Å². The summed E-state index contributed by atoms with van der Waals surface area (Å²) < 4.78 is 43.2. The first-order chi connectivity index (χ1) is 16.8. The Hall–Kier alpha value is -3.47. The van der Waals surface area contributed by atoms with Crippen molar-refractivity contribution in [3.05, 3.63) is 58.9 Å². The lowest BCUT2D eigenvalue weighted by Gasteiger charge is -2.37. The number of amides is 1. The van der Waals surface area contributed by atoms with E-state index in [-0.39, 0.29) is 18.0 Å². The fraction of sp³-hybridized carbons (Fsp3) is 0.417. The Kier molecular flexibility index (Phi) is 6.18. The van der Waals surface area contributed by atoms with Crippen molar-refractivity contribution in [3.8, 4) is 11.3 Å². The molecule has 5 rings (SSSR count). The number of aryl methyl sites for hydroxylation is 1. The van der Waals surface area contributed by atoms with Gasteiger partial charge in [0.25, 0.3) is 0 Å². The molecule has 0 spiro atoms. The smallest absolute Gasteiger partial charge is 0.219 e. The van der Waals surface area contributed by atoms with Gasteiger partial charge >= 0.3 is 0 Å². The van der Waals surface area contributed by atoms with Gasteiger partial charge in [0.1, 0.15) is 23.1 Å². The van der Waals surface area contributed by atoms with Gasteiger partial charge in [0.05, 0.1) is 24.1 Å². The number of piperazine rings is 1. The van der Waals surface area contributed by atoms with Crippen LogP contribution in [0, 0.1) is 17.5 Å². The van der Waals surface area contributed by atoms with Gasteiger partial charge in [-0.3, -0.25) is 14.4 Å². The SMILES string of the molecule is CC(=O)N1CCc2nc(N3CCN(Cc4c(F)cc(F)cc4F)CC3)c(-c3cnn(C)c3)nc2C1. The van der Waals surface area contributed by atoms with Crippen LogP contribution >= 0.6 is 0 Å². The first-order valence-electron chi connectivity index (χ1n) is 11.5. The first-order valence-corrected chi connectivity index (χ1v) is 11.5. The molecule has 8 nitrogen and oxygen atoms in total. The number of carbonyl (C=O) groups excluding carboxylic acids is 1. The van der Waals surface area contributed by atoms with Crippen LogP contribution in [0.15, 0.2) is 24.5 Å². The molecule has 2 aliphatic rings. The van der Waals surface area contributed by atoms with Gasteiger partial charge in [-0.05, 0) is 0 Å². The molecule has 0 bridgehead atoms. The molecular formula is C24H26F3N7O. The van der Waals surface area contributed by atoms with Gasteiger partial charge in [0.15, 0.2) is 5.82 Å². The Morgan fingerprint density at radius 1 is 1.00 bits per heavy atom. The van der Waals surface area contributed by atoms with E-state index in [1.807, 2.05) is 18.1 Å². The molecule has 184 valence electrons. The van der Waals surface area contributed by atoms with Gasteiger partial charge in [-0.15, -0.1) is 0 Å². The average molecular weight is 486 g/mol. The number of hydrogen-bond acceptors (Lipinski definition) is 6. The van der Waals surface area contributed by atoms with E-state index in [9.17, 15) is 18.0 Å². The zero-order chi connectivity index (χ0) is 24.7. The lowest BCUT2D eigenvalue weighted by Crippen LogP contribution is -2.47. The second-order valence-electron chi connectivity index (χ2n) is 8.99. The monoisotopic (exact) mass is 485 g/mol. The van der Waals surface area contributed by atoms with E-state index in [0.29, 0.717) is 63.5 Å². The molecule has 0 saturated carbocycles. The third kappa shape index (κ3) is 4.72. The summed E-state index contributed by atoms with van der Waals surface area (Å²) in [5, 5.41) is 4.28. The van der Waals surface area contributed by atoms with Crippen LogP contribution in [0.4, 0.5) is 19.0 Å². The molecule has 0 unspecified atom stereocenters. The van der Waals surface area contributed by atoms with Gasteiger partial charge in [0, 0.05) is 89.1 Å². The van der Waals surface area contributed by atoms with E-state index in [1.54, 1.807) is 22.7 Å². The highest BCUT2D eigenvalue weighted by atomic mass is 19.1. The maximum absolute atomic E-state index is 14.1. The summed E-state index contributed by atoms with van der Waals surface area (Å²) in [4.78, 5) is 27.6. The molecule has 1 saturated heterocycles. The number of aromatic nitrogens is 4. The predicted molar refractivity (Wildman–Crippen MR) is 123 cm³/mol. The van der Waals surface area contributed by atoms with Crippen molar-refractivity contribution in [1.29, 1.82) is 0 Å². The van der Waals surface area contributed by atoms with E-state index in [0.717, 1.165) is 22.8 Å². The van der Waals surface area contributed by atoms with Crippen LogP contribution in [0.5, 0.6) is 0 Å². The quantitative estimate of drug-likeness (QED) is 0.566. The number of nitrogens with zero attached hydrogens (tertiary/aromatic N) is 7. The number of rotatable bonds is 4. The molecule has 35 heavy (non-hydrogen) atoms. The van der Waals surface area contributed by atoms with E-state index in [1.165, 1.54) is 0 Å². The minimum absolute atomic E-state index is 0.00889. The maximum Gasteiger partial charge on any atom is 0.219 e. The zero-order valence-electron chi connectivity index (χ0n) is 19.6. The first kappa shape index (κ1) is 23.3. The summed E-state index contributed by atoms with van der Waals surface area (Å²) in [7, 11) is 1.83. The molecule has 1 amide bonds. The van der Waals surface area contributed by atoms with Crippen molar-refractivity contribution in [2.75, 3.05) is 37.6 Å². The highest BCUT2D eigenvalue weighted by Crippen LogP contribution is 2.31. The van der Waals surface area contributed by atoms with Gasteiger partial charge in [-0.2, -0.15) is 5.10 Å². The lowest BCUT2D eigenvalue weighted by molar-refractivity contribution is -0.129. The molecule has 3 aromatic rings. The number of fused-ring (bicyclic) bond motifs is 1. The fourth-order valence-corrected chi connectivity index (χ4v) is 4.61. The maximum atomic E-state index is 14.1. The third-order valence-electron chi connectivity index (χ3n) is 6.57.